The van der Waals surface area contributed by atoms with Crippen LogP contribution < -0.4 is 5.32 Å². The third-order valence-corrected chi connectivity index (χ3v) is 8.26. The number of unbranched alkanes of at least 4 members (excludes halogenated alkanes) is 2. The second kappa shape index (κ2) is 12.9. The Morgan fingerprint density at radius 3 is 2.64 bits per heavy atom. The number of anilines is 1. The first-order valence-electron chi connectivity index (χ1n) is 12.3. The molecule has 2 aromatic carbocycles. The molecule has 39 heavy (non-hydrogen) atoms. The topological polar surface area (TPSA) is 62.3 Å². The first-order chi connectivity index (χ1) is 18.6. The first-order valence-corrected chi connectivity index (χ1v) is 14.4. The Hall–Kier alpha value is -3.02. The molecule has 0 spiro atoms. The number of nitrogens with zero attached hydrogens (tertiary/aromatic N) is 2. The predicted molar refractivity (Wildman–Crippen MR) is 155 cm³/mol. The molecule has 1 aliphatic heterocycles. The molecule has 0 saturated carbocycles. The summed E-state index contributed by atoms with van der Waals surface area (Å²) in [4.78, 5) is 32.3. The van der Waals surface area contributed by atoms with Crippen molar-refractivity contribution in [1.29, 1.82) is 0 Å². The molecule has 0 bridgehead atoms. The summed E-state index contributed by atoms with van der Waals surface area (Å²) in [6.45, 7) is 2.51. The van der Waals surface area contributed by atoms with E-state index in [2.05, 4.69) is 10.3 Å². The molecular weight excluding hydrogens is 564 g/mol. The Bertz CT molecular complexity index is 1380. The van der Waals surface area contributed by atoms with Crippen molar-refractivity contribution in [3.05, 3.63) is 86.8 Å². The van der Waals surface area contributed by atoms with Crippen molar-refractivity contribution in [2.24, 2.45) is 0 Å². The molecule has 4 rings (SSSR count). The third kappa shape index (κ3) is 8.23. The van der Waals surface area contributed by atoms with E-state index < -0.39 is 11.7 Å². The highest BCUT2D eigenvalue weighted by Gasteiger charge is 2.31. The SMILES string of the molecule is Cc1ccc(/C=C2\SC(=S)N(CCCCCC(=O)Nc3ncc(Cc4cccc(C(F)(F)F)c4)s3)C2=O)cc1. The zero-order valence-corrected chi connectivity index (χ0v) is 23.5. The maximum atomic E-state index is 12.9. The summed E-state index contributed by atoms with van der Waals surface area (Å²) in [5, 5.41) is 3.17. The number of thioether (sulfide) groups is 1. The second-order valence-electron chi connectivity index (χ2n) is 9.11. The van der Waals surface area contributed by atoms with Gasteiger partial charge in [-0.1, -0.05) is 78.4 Å². The number of nitrogens with one attached hydrogen (secondary N) is 1. The van der Waals surface area contributed by atoms with Crippen molar-refractivity contribution in [3.63, 3.8) is 0 Å². The van der Waals surface area contributed by atoms with Gasteiger partial charge in [-0.15, -0.1) is 11.3 Å². The van der Waals surface area contributed by atoms with E-state index in [1.807, 2.05) is 37.3 Å². The van der Waals surface area contributed by atoms with Crippen LogP contribution in [0.15, 0.2) is 59.6 Å². The van der Waals surface area contributed by atoms with Gasteiger partial charge in [-0.2, -0.15) is 13.2 Å². The highest BCUT2D eigenvalue weighted by atomic mass is 32.2. The number of carbonyl (C=O) groups is 2. The van der Waals surface area contributed by atoms with E-state index in [1.54, 1.807) is 17.2 Å². The highest BCUT2D eigenvalue weighted by molar-refractivity contribution is 8.26. The summed E-state index contributed by atoms with van der Waals surface area (Å²) >= 11 is 7.94. The van der Waals surface area contributed by atoms with E-state index in [4.69, 9.17) is 12.2 Å². The Labute approximate surface area is 238 Å². The fourth-order valence-electron chi connectivity index (χ4n) is 3.93. The molecule has 1 N–H and O–H groups in total. The number of carbonyl (C=O) groups excluding carboxylic acids is 2. The number of thiazole rings is 1. The molecular formula is C28H26F3N3O2S3. The monoisotopic (exact) mass is 589 g/mol. The lowest BCUT2D eigenvalue weighted by atomic mass is 10.1. The van der Waals surface area contributed by atoms with Gasteiger partial charge in [0.1, 0.15) is 4.32 Å². The molecule has 204 valence electrons. The molecule has 1 saturated heterocycles. The van der Waals surface area contributed by atoms with Crippen molar-refractivity contribution in [2.75, 3.05) is 11.9 Å². The van der Waals surface area contributed by atoms with Crippen LogP contribution in [0, 0.1) is 6.92 Å². The zero-order valence-electron chi connectivity index (χ0n) is 21.1. The van der Waals surface area contributed by atoms with Gasteiger partial charge in [-0.05, 0) is 43.0 Å². The largest absolute Gasteiger partial charge is 0.416 e. The molecule has 2 heterocycles. The molecule has 1 fully saturated rings. The molecule has 2 amide bonds. The number of hydrogen-bond donors (Lipinski definition) is 1. The molecule has 1 aromatic heterocycles. The number of halogens is 3. The van der Waals surface area contributed by atoms with Crippen LogP contribution in [0.4, 0.5) is 18.3 Å². The van der Waals surface area contributed by atoms with Crippen LogP contribution in [0.2, 0.25) is 0 Å². The summed E-state index contributed by atoms with van der Waals surface area (Å²) < 4.78 is 39.3. The second-order valence-corrected chi connectivity index (χ2v) is 11.9. The summed E-state index contributed by atoms with van der Waals surface area (Å²) in [6.07, 6.45) is 1.74. The fourth-order valence-corrected chi connectivity index (χ4v) is 6.10. The van der Waals surface area contributed by atoms with E-state index in [0.717, 1.165) is 41.0 Å². The van der Waals surface area contributed by atoms with Crippen molar-refractivity contribution < 1.29 is 22.8 Å². The van der Waals surface area contributed by atoms with E-state index in [9.17, 15) is 22.8 Å². The quantitative estimate of drug-likeness (QED) is 0.151. The molecule has 0 atom stereocenters. The van der Waals surface area contributed by atoms with Crippen LogP contribution >= 0.6 is 35.3 Å². The molecule has 0 aliphatic carbocycles. The summed E-state index contributed by atoms with van der Waals surface area (Å²) in [6, 6.07) is 13.1. The van der Waals surface area contributed by atoms with Crippen molar-refractivity contribution in [3.8, 4) is 0 Å². The van der Waals surface area contributed by atoms with Crippen LogP contribution in [0.25, 0.3) is 6.08 Å². The van der Waals surface area contributed by atoms with Gasteiger partial charge in [0.15, 0.2) is 5.13 Å². The van der Waals surface area contributed by atoms with Gasteiger partial charge >= 0.3 is 6.18 Å². The van der Waals surface area contributed by atoms with E-state index in [-0.39, 0.29) is 11.8 Å². The number of benzene rings is 2. The maximum Gasteiger partial charge on any atom is 0.416 e. The molecule has 0 radical (unpaired) electrons. The van der Waals surface area contributed by atoms with Gasteiger partial charge in [-0.25, -0.2) is 4.98 Å². The molecule has 0 unspecified atom stereocenters. The maximum absolute atomic E-state index is 12.9. The first kappa shape index (κ1) is 29.0. The number of aromatic nitrogens is 1. The van der Waals surface area contributed by atoms with Crippen molar-refractivity contribution in [2.45, 2.75) is 45.2 Å². The van der Waals surface area contributed by atoms with Gasteiger partial charge in [0.25, 0.3) is 5.91 Å². The van der Waals surface area contributed by atoms with Crippen LogP contribution in [0.3, 0.4) is 0 Å². The summed E-state index contributed by atoms with van der Waals surface area (Å²) in [7, 11) is 0. The lowest BCUT2D eigenvalue weighted by molar-refractivity contribution is -0.137. The molecule has 1 aliphatic rings. The van der Waals surface area contributed by atoms with Crippen molar-refractivity contribution in [1.82, 2.24) is 9.88 Å². The number of amides is 2. The Morgan fingerprint density at radius 2 is 1.90 bits per heavy atom. The number of aryl methyl sites for hydroxylation is 1. The fraction of sp³-hybridized carbons (Fsp3) is 0.286. The summed E-state index contributed by atoms with van der Waals surface area (Å²) in [5.41, 5.74) is 1.94. The number of hydrogen-bond acceptors (Lipinski definition) is 6. The van der Waals surface area contributed by atoms with Gasteiger partial charge in [-0.3, -0.25) is 14.5 Å². The Morgan fingerprint density at radius 1 is 1.13 bits per heavy atom. The zero-order chi connectivity index (χ0) is 28.0. The van der Waals surface area contributed by atoms with Crippen molar-refractivity contribution >= 4 is 62.7 Å². The van der Waals surface area contributed by atoms with Gasteiger partial charge in [0, 0.05) is 30.5 Å². The third-order valence-electron chi connectivity index (χ3n) is 5.97. The minimum Gasteiger partial charge on any atom is -0.302 e. The van der Waals surface area contributed by atoms with Crippen LogP contribution in [0.5, 0.6) is 0 Å². The Balaban J connectivity index is 1.18. The minimum absolute atomic E-state index is 0.0898. The smallest absolute Gasteiger partial charge is 0.302 e. The van der Waals surface area contributed by atoms with Crippen LogP contribution in [0.1, 0.15) is 52.8 Å². The standard InChI is InChI=1S/C28H26F3N3O2S3/c1-18-9-11-19(12-10-18)16-23-25(36)34(27(37)39-23)13-4-2-3-8-24(35)33-26-32-17-22(38-26)15-20-6-5-7-21(14-20)28(29,30)31/h5-7,9-12,14,16-17H,2-4,8,13,15H2,1H3,(H,32,33,35)/b23-16-. The molecule has 5 nitrogen and oxygen atoms in total. The van der Waals surface area contributed by atoms with E-state index >= 15 is 0 Å². The van der Waals surface area contributed by atoms with Gasteiger partial charge in [0.2, 0.25) is 5.91 Å². The van der Waals surface area contributed by atoms with E-state index in [0.29, 0.717) is 45.7 Å². The van der Waals surface area contributed by atoms with Gasteiger partial charge in [0.05, 0.1) is 10.5 Å². The minimum atomic E-state index is -4.39. The lowest BCUT2D eigenvalue weighted by Gasteiger charge is -2.14. The van der Waals surface area contributed by atoms with Gasteiger partial charge < -0.3 is 5.32 Å². The summed E-state index contributed by atoms with van der Waals surface area (Å²) in [5.74, 6) is -0.269. The predicted octanol–water partition coefficient (Wildman–Crippen LogP) is 7.46. The lowest BCUT2D eigenvalue weighted by Crippen LogP contribution is -2.29. The average molecular weight is 590 g/mol. The molecule has 3 aromatic rings. The number of thiocarbonyl (C=S) groups is 1. The van der Waals surface area contributed by atoms with Crippen LogP contribution in [-0.2, 0) is 22.2 Å². The van der Waals surface area contributed by atoms with E-state index in [1.165, 1.54) is 29.2 Å². The Kier molecular flexibility index (Phi) is 9.58. The average Bonchev–Trinajstić information content (AvgIpc) is 3.43. The number of rotatable bonds is 10. The normalized spacial score (nSPS) is 14.9. The number of alkyl halides is 3. The molecule has 11 heteroatoms. The van der Waals surface area contributed by atoms with Crippen LogP contribution in [-0.4, -0.2) is 32.6 Å². The highest BCUT2D eigenvalue weighted by Crippen LogP contribution is 2.33.